The van der Waals surface area contributed by atoms with Crippen LogP contribution in [0.2, 0.25) is 0 Å². The van der Waals surface area contributed by atoms with Gasteiger partial charge in [0.25, 0.3) is 0 Å². The predicted octanol–water partition coefficient (Wildman–Crippen LogP) is 0.112. The van der Waals surface area contributed by atoms with Crippen LogP contribution >= 0.6 is 0 Å². The Morgan fingerprint density at radius 3 is 3.14 bits per heavy atom. The van der Waals surface area contributed by atoms with E-state index in [1.807, 2.05) is 6.92 Å². The average Bonchev–Trinajstić information content (AvgIpc) is 2.60. The number of nitrogens with zero attached hydrogens (tertiary/aromatic N) is 3. The zero-order valence-corrected chi connectivity index (χ0v) is 7.82. The van der Waals surface area contributed by atoms with Gasteiger partial charge < -0.3 is 10.7 Å². The van der Waals surface area contributed by atoms with E-state index in [2.05, 4.69) is 15.0 Å². The minimum atomic E-state index is -0.344. The Hall–Kier alpha value is -1.85. The second-order valence-electron chi connectivity index (χ2n) is 3.03. The Morgan fingerprint density at radius 1 is 1.64 bits per heavy atom. The van der Waals surface area contributed by atoms with E-state index in [1.54, 1.807) is 0 Å². The number of rotatable bonds is 2. The zero-order valence-electron chi connectivity index (χ0n) is 7.82. The Bertz CT molecular complexity index is 512. The number of nitrogens with one attached hydrogen (secondary N) is 1. The van der Waals surface area contributed by atoms with Crippen LogP contribution < -0.4 is 11.4 Å². The second-order valence-corrected chi connectivity index (χ2v) is 3.03. The largest absolute Gasteiger partial charge is 0.382 e. The first-order valence-corrected chi connectivity index (χ1v) is 4.43. The van der Waals surface area contributed by atoms with Gasteiger partial charge in [-0.15, -0.1) is 0 Å². The van der Waals surface area contributed by atoms with Crippen molar-refractivity contribution >= 4 is 17.0 Å². The monoisotopic (exact) mass is 193 g/mol. The van der Waals surface area contributed by atoms with Crippen LogP contribution in [0.15, 0.2) is 11.1 Å². The highest BCUT2D eigenvalue weighted by Crippen LogP contribution is 2.11. The molecule has 6 nitrogen and oxygen atoms in total. The number of nitrogens with two attached hydrogens (primary N) is 1. The van der Waals surface area contributed by atoms with Crippen molar-refractivity contribution in [2.75, 3.05) is 5.73 Å². The van der Waals surface area contributed by atoms with Crippen molar-refractivity contribution in [3.63, 3.8) is 0 Å². The molecule has 0 bridgehead atoms. The number of anilines is 1. The van der Waals surface area contributed by atoms with E-state index < -0.39 is 0 Å². The maximum absolute atomic E-state index is 11.5. The fourth-order valence-electron chi connectivity index (χ4n) is 1.42. The lowest BCUT2D eigenvalue weighted by Gasteiger charge is -2.04. The number of H-pyrrole nitrogens is 1. The van der Waals surface area contributed by atoms with Crippen molar-refractivity contribution in [3.8, 4) is 0 Å². The van der Waals surface area contributed by atoms with Crippen molar-refractivity contribution in [1.82, 2.24) is 19.5 Å². The maximum atomic E-state index is 11.5. The fraction of sp³-hybridized carbons (Fsp3) is 0.375. The molecule has 0 atom stereocenters. The molecule has 2 aromatic rings. The van der Waals surface area contributed by atoms with Crippen molar-refractivity contribution in [2.24, 2.45) is 0 Å². The van der Waals surface area contributed by atoms with Crippen LogP contribution in [0.1, 0.15) is 13.3 Å². The molecule has 0 amide bonds. The first-order chi connectivity index (χ1) is 6.74. The third kappa shape index (κ3) is 1.15. The van der Waals surface area contributed by atoms with Crippen molar-refractivity contribution in [1.29, 1.82) is 0 Å². The van der Waals surface area contributed by atoms with Gasteiger partial charge in [-0.05, 0) is 6.42 Å². The number of aromatic nitrogens is 4. The summed E-state index contributed by atoms with van der Waals surface area (Å²) in [6, 6.07) is 0. The summed E-state index contributed by atoms with van der Waals surface area (Å²) in [7, 11) is 0. The van der Waals surface area contributed by atoms with E-state index in [4.69, 9.17) is 5.73 Å². The molecular weight excluding hydrogens is 182 g/mol. The highest BCUT2D eigenvalue weighted by atomic mass is 16.1. The minimum Gasteiger partial charge on any atom is -0.382 e. The van der Waals surface area contributed by atoms with Gasteiger partial charge in [-0.25, -0.2) is 9.78 Å². The Kier molecular flexibility index (Phi) is 1.95. The van der Waals surface area contributed by atoms with Crippen LogP contribution in [-0.2, 0) is 6.54 Å². The van der Waals surface area contributed by atoms with Gasteiger partial charge in [0.1, 0.15) is 5.52 Å². The molecule has 0 unspecified atom stereocenters. The van der Waals surface area contributed by atoms with Crippen LogP contribution in [0, 0.1) is 0 Å². The number of hydrogen-bond acceptors (Lipinski definition) is 4. The lowest BCUT2D eigenvalue weighted by Crippen LogP contribution is -2.24. The van der Waals surface area contributed by atoms with Gasteiger partial charge in [-0.2, -0.15) is 4.98 Å². The van der Waals surface area contributed by atoms with E-state index in [0.717, 1.165) is 6.42 Å². The van der Waals surface area contributed by atoms with Crippen LogP contribution in [-0.4, -0.2) is 19.5 Å². The van der Waals surface area contributed by atoms with E-state index >= 15 is 0 Å². The molecule has 3 N–H and O–H groups in total. The number of aromatic amines is 1. The number of fused-ring (bicyclic) bond motifs is 1. The first kappa shape index (κ1) is 8.74. The lowest BCUT2D eigenvalue weighted by molar-refractivity contribution is 0.656. The lowest BCUT2D eigenvalue weighted by atomic mass is 10.4. The predicted molar refractivity (Wildman–Crippen MR) is 52.9 cm³/mol. The van der Waals surface area contributed by atoms with E-state index in [9.17, 15) is 4.79 Å². The van der Waals surface area contributed by atoms with Crippen molar-refractivity contribution in [2.45, 2.75) is 19.9 Å². The highest BCUT2D eigenvalue weighted by Gasteiger charge is 2.09. The SMILES string of the molecule is CCCn1c(=O)nc(N)c2[nH]cnc21. The number of hydrogen-bond donors (Lipinski definition) is 2. The molecule has 0 fully saturated rings. The molecule has 2 heterocycles. The van der Waals surface area contributed by atoms with E-state index in [1.165, 1.54) is 10.9 Å². The summed E-state index contributed by atoms with van der Waals surface area (Å²) in [5, 5.41) is 0. The third-order valence-electron chi connectivity index (χ3n) is 2.03. The summed E-state index contributed by atoms with van der Waals surface area (Å²) in [4.78, 5) is 22.1. The molecule has 0 aliphatic heterocycles. The van der Waals surface area contributed by atoms with Crippen LogP contribution in [0.5, 0.6) is 0 Å². The summed E-state index contributed by atoms with van der Waals surface area (Å²) in [6.07, 6.45) is 2.36. The summed E-state index contributed by atoms with van der Waals surface area (Å²) in [6.45, 7) is 2.59. The molecule has 0 saturated carbocycles. The molecule has 0 aromatic carbocycles. The Labute approximate surface area is 79.8 Å². The van der Waals surface area contributed by atoms with Gasteiger partial charge in [0.05, 0.1) is 6.33 Å². The van der Waals surface area contributed by atoms with E-state index in [0.29, 0.717) is 17.7 Å². The van der Waals surface area contributed by atoms with Crippen molar-refractivity contribution < 1.29 is 0 Å². The van der Waals surface area contributed by atoms with Crippen LogP contribution in [0.4, 0.5) is 5.82 Å². The molecule has 14 heavy (non-hydrogen) atoms. The summed E-state index contributed by atoms with van der Waals surface area (Å²) in [5.41, 5.74) is 6.42. The van der Waals surface area contributed by atoms with Crippen molar-refractivity contribution in [3.05, 3.63) is 16.8 Å². The number of imidazole rings is 1. The Morgan fingerprint density at radius 2 is 2.43 bits per heavy atom. The fourth-order valence-corrected chi connectivity index (χ4v) is 1.42. The Balaban J connectivity index is 2.79. The zero-order chi connectivity index (χ0) is 10.1. The molecule has 0 radical (unpaired) electrons. The molecule has 6 heteroatoms. The molecule has 74 valence electrons. The molecule has 0 saturated heterocycles. The second kappa shape index (κ2) is 3.13. The smallest absolute Gasteiger partial charge is 0.351 e. The maximum Gasteiger partial charge on any atom is 0.351 e. The van der Waals surface area contributed by atoms with Crippen LogP contribution in [0.25, 0.3) is 11.2 Å². The normalized spacial score (nSPS) is 10.9. The molecule has 0 aliphatic rings. The quantitative estimate of drug-likeness (QED) is 0.708. The average molecular weight is 193 g/mol. The molecular formula is C8H11N5O. The van der Waals surface area contributed by atoms with Gasteiger partial charge in [0, 0.05) is 6.54 Å². The molecule has 0 aliphatic carbocycles. The summed E-state index contributed by atoms with van der Waals surface area (Å²) >= 11 is 0. The molecule has 0 spiro atoms. The van der Waals surface area contributed by atoms with Gasteiger partial charge in [0.15, 0.2) is 11.5 Å². The number of nitrogen functional groups attached to an aromatic ring is 1. The molecule has 2 aromatic heterocycles. The van der Waals surface area contributed by atoms with Gasteiger partial charge in [-0.1, -0.05) is 6.92 Å². The van der Waals surface area contributed by atoms with Crippen LogP contribution in [0.3, 0.4) is 0 Å². The number of aryl methyl sites for hydroxylation is 1. The minimum absolute atomic E-state index is 0.204. The van der Waals surface area contributed by atoms with Gasteiger partial charge in [0.2, 0.25) is 0 Å². The highest BCUT2D eigenvalue weighted by molar-refractivity contribution is 5.80. The third-order valence-corrected chi connectivity index (χ3v) is 2.03. The summed E-state index contributed by atoms with van der Waals surface area (Å²) < 4.78 is 1.52. The molecule has 2 rings (SSSR count). The first-order valence-electron chi connectivity index (χ1n) is 4.43. The standard InChI is InChI=1S/C8H11N5O/c1-2-3-13-7-5(10-4-11-7)6(9)12-8(13)14/h4H,2-3H2,1H3,(H,10,11)(H2,9,12,14). The van der Waals surface area contributed by atoms with Gasteiger partial charge in [-0.3, -0.25) is 4.57 Å². The topological polar surface area (TPSA) is 89.6 Å². The van der Waals surface area contributed by atoms with Gasteiger partial charge >= 0.3 is 5.69 Å². The summed E-state index contributed by atoms with van der Waals surface area (Å²) in [5.74, 6) is 0.204. The van der Waals surface area contributed by atoms with E-state index in [-0.39, 0.29) is 11.5 Å².